The average molecular weight is 430 g/mol. The number of nitrogens with zero attached hydrogens (tertiary/aromatic N) is 4. The van der Waals surface area contributed by atoms with E-state index in [0.717, 1.165) is 53.3 Å². The monoisotopic (exact) mass is 429 g/mol. The first kappa shape index (κ1) is 20.4. The molecule has 0 unspecified atom stereocenters. The minimum absolute atomic E-state index is 0.197. The summed E-state index contributed by atoms with van der Waals surface area (Å²) in [7, 11) is 0. The van der Waals surface area contributed by atoms with Crippen molar-refractivity contribution in [1.29, 1.82) is 0 Å². The maximum absolute atomic E-state index is 6.24. The normalized spacial score (nSPS) is 16.5. The first-order valence-electron chi connectivity index (χ1n) is 10.8. The van der Waals surface area contributed by atoms with Gasteiger partial charge in [-0.15, -0.1) is 0 Å². The molecule has 164 valence electrons. The molecule has 2 aromatic carbocycles. The van der Waals surface area contributed by atoms with E-state index in [4.69, 9.17) is 15.5 Å². The van der Waals surface area contributed by atoms with Crippen LogP contribution in [0.4, 0.5) is 11.6 Å². The number of ether oxygens (including phenoxy) is 1. The van der Waals surface area contributed by atoms with Crippen LogP contribution in [0, 0.1) is 6.92 Å². The largest absolute Gasteiger partial charge is 0.381 e. The van der Waals surface area contributed by atoms with Gasteiger partial charge in [0.2, 0.25) is 0 Å². The van der Waals surface area contributed by atoms with Crippen LogP contribution in [-0.4, -0.2) is 52.4 Å². The van der Waals surface area contributed by atoms with Crippen LogP contribution in [0.5, 0.6) is 0 Å². The molecule has 1 aliphatic rings. The summed E-state index contributed by atoms with van der Waals surface area (Å²) in [5.74, 6) is 1.17. The molecule has 1 fully saturated rings. The second-order valence-corrected chi connectivity index (χ2v) is 8.13. The van der Waals surface area contributed by atoms with E-state index in [9.17, 15) is 0 Å². The number of benzene rings is 2. The summed E-state index contributed by atoms with van der Waals surface area (Å²) in [6, 6.07) is 16.6. The summed E-state index contributed by atoms with van der Waals surface area (Å²) in [5.41, 5.74) is 11.2. The molecule has 8 nitrogen and oxygen atoms in total. The van der Waals surface area contributed by atoms with Crippen LogP contribution in [0.1, 0.15) is 11.3 Å². The summed E-state index contributed by atoms with van der Waals surface area (Å²) >= 11 is 0. The Hall–Kier alpha value is -3.49. The lowest BCUT2D eigenvalue weighted by Gasteiger charge is -2.34. The van der Waals surface area contributed by atoms with Gasteiger partial charge in [0.15, 0.2) is 11.6 Å². The zero-order valence-electron chi connectivity index (χ0n) is 18.1. The second-order valence-electron chi connectivity index (χ2n) is 8.13. The molecule has 0 radical (unpaired) electrons. The topological polar surface area (TPSA) is 105 Å². The molecule has 0 saturated carbocycles. The van der Waals surface area contributed by atoms with Gasteiger partial charge in [-0.25, -0.2) is 9.97 Å². The Morgan fingerprint density at radius 1 is 1.19 bits per heavy atom. The number of anilines is 2. The van der Waals surface area contributed by atoms with E-state index in [2.05, 4.69) is 43.6 Å². The van der Waals surface area contributed by atoms with Crippen LogP contribution < -0.4 is 16.0 Å². The van der Waals surface area contributed by atoms with Crippen molar-refractivity contribution >= 4 is 22.5 Å². The van der Waals surface area contributed by atoms with Gasteiger partial charge in [0, 0.05) is 36.6 Å². The van der Waals surface area contributed by atoms with Crippen LogP contribution in [0.25, 0.3) is 22.2 Å². The SMILES string of the molecule is Cc1n[nH]c2ccc(-c3cnc(N)c(N4CCN[C@@H](COCc5ccccc5)C4)n3)cc12. The molecule has 5 rings (SSSR count). The molecule has 0 bridgehead atoms. The number of rotatable bonds is 6. The number of nitrogens with one attached hydrogen (secondary N) is 2. The van der Waals surface area contributed by atoms with Crippen LogP contribution in [0.2, 0.25) is 0 Å². The molecule has 1 saturated heterocycles. The lowest BCUT2D eigenvalue weighted by Crippen LogP contribution is -2.53. The maximum Gasteiger partial charge on any atom is 0.172 e. The van der Waals surface area contributed by atoms with E-state index in [1.807, 2.05) is 37.3 Å². The Labute approximate surface area is 186 Å². The molecular formula is C24H27N7O. The van der Waals surface area contributed by atoms with Gasteiger partial charge in [-0.2, -0.15) is 5.10 Å². The molecule has 8 heteroatoms. The number of hydrogen-bond donors (Lipinski definition) is 3. The van der Waals surface area contributed by atoms with Gasteiger partial charge in [0.25, 0.3) is 0 Å². The van der Waals surface area contributed by atoms with Crippen LogP contribution in [-0.2, 0) is 11.3 Å². The third-order valence-electron chi connectivity index (χ3n) is 5.82. The number of hydrogen-bond acceptors (Lipinski definition) is 7. The molecule has 4 aromatic rings. The Balaban J connectivity index is 1.30. The van der Waals surface area contributed by atoms with E-state index in [1.165, 1.54) is 5.56 Å². The summed E-state index contributed by atoms with van der Waals surface area (Å²) in [4.78, 5) is 11.5. The van der Waals surface area contributed by atoms with E-state index in [0.29, 0.717) is 19.0 Å². The van der Waals surface area contributed by atoms with Crippen LogP contribution in [0.15, 0.2) is 54.7 Å². The Morgan fingerprint density at radius 3 is 2.94 bits per heavy atom. The molecule has 2 aromatic heterocycles. The summed E-state index contributed by atoms with van der Waals surface area (Å²) in [6.07, 6.45) is 1.73. The van der Waals surface area contributed by atoms with Crippen molar-refractivity contribution in [3.63, 3.8) is 0 Å². The van der Waals surface area contributed by atoms with Gasteiger partial charge in [-0.1, -0.05) is 36.4 Å². The number of piperazine rings is 1. The number of H-pyrrole nitrogens is 1. The smallest absolute Gasteiger partial charge is 0.172 e. The number of fused-ring (bicyclic) bond motifs is 1. The van der Waals surface area contributed by atoms with E-state index < -0.39 is 0 Å². The summed E-state index contributed by atoms with van der Waals surface area (Å²) in [5, 5.41) is 11.9. The van der Waals surface area contributed by atoms with E-state index >= 15 is 0 Å². The average Bonchev–Trinajstić information content (AvgIpc) is 3.20. The van der Waals surface area contributed by atoms with Crippen molar-refractivity contribution < 1.29 is 4.74 Å². The quantitative estimate of drug-likeness (QED) is 0.433. The molecule has 32 heavy (non-hydrogen) atoms. The lowest BCUT2D eigenvalue weighted by molar-refractivity contribution is 0.0971. The zero-order valence-corrected chi connectivity index (χ0v) is 18.1. The number of nitrogens with two attached hydrogens (primary N) is 1. The lowest BCUT2D eigenvalue weighted by atomic mass is 10.1. The third-order valence-corrected chi connectivity index (χ3v) is 5.82. The maximum atomic E-state index is 6.24. The fourth-order valence-electron chi connectivity index (χ4n) is 4.09. The van der Waals surface area contributed by atoms with Gasteiger partial charge in [0.05, 0.1) is 36.3 Å². The van der Waals surface area contributed by atoms with Gasteiger partial charge < -0.3 is 20.7 Å². The van der Waals surface area contributed by atoms with E-state index in [-0.39, 0.29) is 6.04 Å². The van der Waals surface area contributed by atoms with Gasteiger partial charge in [0.1, 0.15) is 0 Å². The molecule has 4 N–H and O–H groups in total. The number of aromatic nitrogens is 4. The fraction of sp³-hybridized carbons (Fsp3) is 0.292. The second kappa shape index (κ2) is 8.94. The highest BCUT2D eigenvalue weighted by atomic mass is 16.5. The first-order valence-corrected chi connectivity index (χ1v) is 10.8. The standard InChI is InChI=1S/C24H27N7O/c1-16-20-11-18(7-8-21(20)30-29-16)22-12-27-23(25)24(28-22)31-10-9-26-19(13-31)15-32-14-17-5-3-2-4-6-17/h2-8,11-12,19,26H,9-10,13-15H2,1H3,(H2,25,27)(H,29,30)/t19-/m1/s1. The first-order chi connectivity index (χ1) is 15.7. The van der Waals surface area contributed by atoms with Gasteiger partial charge in [-0.3, -0.25) is 5.10 Å². The highest BCUT2D eigenvalue weighted by Gasteiger charge is 2.23. The molecule has 0 amide bonds. The van der Waals surface area contributed by atoms with Crippen LogP contribution in [0.3, 0.4) is 0 Å². The van der Waals surface area contributed by atoms with Crippen LogP contribution >= 0.6 is 0 Å². The Bertz CT molecular complexity index is 1210. The minimum atomic E-state index is 0.197. The number of aromatic amines is 1. The molecular weight excluding hydrogens is 402 g/mol. The summed E-state index contributed by atoms with van der Waals surface area (Å²) < 4.78 is 5.95. The fourth-order valence-corrected chi connectivity index (χ4v) is 4.09. The van der Waals surface area contributed by atoms with Crippen molar-refractivity contribution in [3.05, 3.63) is 66.0 Å². The summed E-state index contributed by atoms with van der Waals surface area (Å²) in [6.45, 7) is 5.63. The van der Waals surface area contributed by atoms with Crippen molar-refractivity contribution in [2.75, 3.05) is 36.9 Å². The number of nitrogen functional groups attached to an aromatic ring is 1. The molecule has 0 aliphatic carbocycles. The predicted molar refractivity (Wildman–Crippen MR) is 126 cm³/mol. The zero-order chi connectivity index (χ0) is 21.9. The van der Waals surface area contributed by atoms with Crippen molar-refractivity contribution in [1.82, 2.24) is 25.5 Å². The predicted octanol–water partition coefficient (Wildman–Crippen LogP) is 2.91. The minimum Gasteiger partial charge on any atom is -0.381 e. The highest BCUT2D eigenvalue weighted by molar-refractivity contribution is 5.86. The molecule has 3 heterocycles. The molecule has 0 spiro atoms. The highest BCUT2D eigenvalue weighted by Crippen LogP contribution is 2.27. The third kappa shape index (κ3) is 4.28. The molecule has 1 atom stereocenters. The van der Waals surface area contributed by atoms with Crippen molar-refractivity contribution in [3.8, 4) is 11.3 Å². The van der Waals surface area contributed by atoms with Crippen molar-refractivity contribution in [2.45, 2.75) is 19.6 Å². The van der Waals surface area contributed by atoms with E-state index in [1.54, 1.807) is 6.20 Å². The van der Waals surface area contributed by atoms with Gasteiger partial charge >= 0.3 is 0 Å². The Kier molecular flexibility index (Phi) is 5.70. The molecule has 1 aliphatic heterocycles. The Morgan fingerprint density at radius 2 is 2.06 bits per heavy atom. The van der Waals surface area contributed by atoms with Crippen molar-refractivity contribution in [2.24, 2.45) is 0 Å². The van der Waals surface area contributed by atoms with Gasteiger partial charge in [-0.05, 0) is 24.6 Å². The number of aryl methyl sites for hydroxylation is 1.